The molecule has 0 aliphatic heterocycles. The van der Waals surface area contributed by atoms with Crippen LogP contribution in [0.25, 0.3) is 0 Å². The van der Waals surface area contributed by atoms with Crippen molar-refractivity contribution in [1.29, 1.82) is 0 Å². The van der Waals surface area contributed by atoms with Crippen molar-refractivity contribution in [3.05, 3.63) is 0 Å². The van der Waals surface area contributed by atoms with E-state index < -0.39 is 10.9 Å². The van der Waals surface area contributed by atoms with Gasteiger partial charge in [0.05, 0.1) is 6.10 Å². The Kier molecular flexibility index (Phi) is 5.59. The van der Waals surface area contributed by atoms with Gasteiger partial charge in [-0.25, -0.2) is 0 Å². The maximum Gasteiger partial charge on any atom is 0.133 e. The quantitative estimate of drug-likeness (QED) is 0.620. The van der Waals surface area contributed by atoms with Crippen LogP contribution in [0.2, 0.25) is 0 Å². The third kappa shape index (κ3) is 4.97. The van der Waals surface area contributed by atoms with Crippen molar-refractivity contribution in [2.24, 2.45) is 0 Å². The lowest BCUT2D eigenvalue weighted by molar-refractivity contribution is 0.162. The van der Waals surface area contributed by atoms with Crippen molar-refractivity contribution in [3.8, 4) is 0 Å². The Balaban J connectivity index is 3.16. The third-order valence-corrected chi connectivity index (χ3v) is 1.53. The third-order valence-electron chi connectivity index (χ3n) is 0.949. The fraction of sp³-hybridized carbons (Fsp3) is 1.00. The van der Waals surface area contributed by atoms with Crippen LogP contribution in [-0.2, 0) is 0 Å². The second-order valence-electron chi connectivity index (χ2n) is 1.77. The highest BCUT2D eigenvalue weighted by atomic mass is 35.5. The van der Waals surface area contributed by atoms with Gasteiger partial charge in [-0.3, -0.25) is 0 Å². The zero-order valence-electron chi connectivity index (χ0n) is 4.93. The van der Waals surface area contributed by atoms with Crippen LogP contribution in [0.15, 0.2) is 0 Å². The molecule has 0 bridgehead atoms. The van der Waals surface area contributed by atoms with E-state index in [-0.39, 0.29) is 6.61 Å². The molecule has 0 spiro atoms. The predicted molar refractivity (Wildman–Crippen MR) is 37.8 cm³/mol. The highest BCUT2D eigenvalue weighted by Crippen LogP contribution is 2.11. The Morgan fingerprint density at radius 1 is 1.33 bits per heavy atom. The summed E-state index contributed by atoms with van der Waals surface area (Å²) >= 11 is 10.6. The summed E-state index contributed by atoms with van der Waals surface area (Å²) in [4.78, 5) is -0.739. The van der Waals surface area contributed by atoms with E-state index in [9.17, 15) is 0 Å². The van der Waals surface area contributed by atoms with Gasteiger partial charge in [0.15, 0.2) is 0 Å². The molecule has 0 rings (SSSR count). The summed E-state index contributed by atoms with van der Waals surface area (Å²) in [7, 11) is 0. The SMILES string of the molecule is OCCCC(O)C(Cl)Cl. The van der Waals surface area contributed by atoms with E-state index in [1.807, 2.05) is 0 Å². The molecule has 0 fully saturated rings. The summed E-state index contributed by atoms with van der Waals surface area (Å²) in [5, 5.41) is 17.2. The van der Waals surface area contributed by atoms with Crippen LogP contribution in [-0.4, -0.2) is 27.8 Å². The van der Waals surface area contributed by atoms with Gasteiger partial charge in [-0.2, -0.15) is 0 Å². The first-order chi connectivity index (χ1) is 4.18. The zero-order valence-corrected chi connectivity index (χ0v) is 6.44. The van der Waals surface area contributed by atoms with Crippen molar-refractivity contribution in [1.82, 2.24) is 0 Å². The number of rotatable bonds is 4. The molecule has 2 nitrogen and oxygen atoms in total. The molecule has 9 heavy (non-hydrogen) atoms. The molecular weight excluding hydrogens is 163 g/mol. The van der Waals surface area contributed by atoms with Gasteiger partial charge in [-0.15, -0.1) is 23.2 Å². The van der Waals surface area contributed by atoms with Gasteiger partial charge in [-0.1, -0.05) is 0 Å². The van der Waals surface area contributed by atoms with E-state index in [1.54, 1.807) is 0 Å². The number of halogens is 2. The number of aliphatic hydroxyl groups excluding tert-OH is 2. The van der Waals surface area contributed by atoms with Gasteiger partial charge in [0.1, 0.15) is 4.84 Å². The van der Waals surface area contributed by atoms with Gasteiger partial charge >= 0.3 is 0 Å². The first-order valence-corrected chi connectivity index (χ1v) is 3.63. The lowest BCUT2D eigenvalue weighted by Crippen LogP contribution is -2.15. The molecule has 0 radical (unpaired) electrons. The van der Waals surface area contributed by atoms with E-state index in [0.717, 1.165) is 0 Å². The Bertz CT molecular complexity index is 68.0. The molecule has 1 atom stereocenters. The molecule has 0 saturated carbocycles. The molecule has 0 aliphatic rings. The molecule has 0 aromatic heterocycles. The average molecular weight is 173 g/mol. The fourth-order valence-electron chi connectivity index (χ4n) is 0.426. The Hall–Kier alpha value is 0.500. The van der Waals surface area contributed by atoms with Crippen molar-refractivity contribution < 1.29 is 10.2 Å². The average Bonchev–Trinajstić information content (AvgIpc) is 1.82. The maximum atomic E-state index is 8.88. The van der Waals surface area contributed by atoms with Gasteiger partial charge in [-0.05, 0) is 12.8 Å². The van der Waals surface area contributed by atoms with Crippen molar-refractivity contribution in [2.75, 3.05) is 6.61 Å². The molecule has 0 heterocycles. The van der Waals surface area contributed by atoms with Crippen LogP contribution < -0.4 is 0 Å². The van der Waals surface area contributed by atoms with Gasteiger partial charge in [0.25, 0.3) is 0 Å². The van der Waals surface area contributed by atoms with Crippen LogP contribution in [0.1, 0.15) is 12.8 Å². The Morgan fingerprint density at radius 2 is 1.89 bits per heavy atom. The number of aliphatic hydroxyl groups is 2. The second-order valence-corrected chi connectivity index (χ2v) is 2.93. The van der Waals surface area contributed by atoms with E-state index in [1.165, 1.54) is 0 Å². The lowest BCUT2D eigenvalue weighted by Gasteiger charge is -2.08. The lowest BCUT2D eigenvalue weighted by atomic mass is 10.2. The standard InChI is InChI=1S/C5H10Cl2O2/c6-5(7)4(9)2-1-3-8/h4-5,8-9H,1-3H2. The Morgan fingerprint density at radius 3 is 2.22 bits per heavy atom. The van der Waals surface area contributed by atoms with Gasteiger partial charge in [0, 0.05) is 6.61 Å². The number of alkyl halides is 2. The zero-order chi connectivity index (χ0) is 7.28. The van der Waals surface area contributed by atoms with E-state index in [0.29, 0.717) is 12.8 Å². The molecule has 0 aromatic rings. The molecular formula is C5H10Cl2O2. The van der Waals surface area contributed by atoms with Gasteiger partial charge < -0.3 is 10.2 Å². The topological polar surface area (TPSA) is 40.5 Å². The molecule has 4 heteroatoms. The summed E-state index contributed by atoms with van der Waals surface area (Å²) in [6.45, 7) is 0.0670. The fourth-order valence-corrected chi connectivity index (χ4v) is 0.678. The maximum absolute atomic E-state index is 8.88. The summed E-state index contributed by atoms with van der Waals surface area (Å²) in [6, 6.07) is 0. The van der Waals surface area contributed by atoms with Crippen LogP contribution in [0.3, 0.4) is 0 Å². The molecule has 56 valence electrons. The molecule has 0 saturated heterocycles. The summed E-state index contributed by atoms with van der Waals surface area (Å²) in [5.74, 6) is 0. The molecule has 0 aromatic carbocycles. The van der Waals surface area contributed by atoms with Crippen LogP contribution >= 0.6 is 23.2 Å². The Labute approximate surface area is 64.4 Å². The smallest absolute Gasteiger partial charge is 0.133 e. The second kappa shape index (κ2) is 5.30. The van der Waals surface area contributed by atoms with E-state index in [2.05, 4.69) is 0 Å². The molecule has 1 unspecified atom stereocenters. The minimum absolute atomic E-state index is 0.0670. The minimum atomic E-state index is -0.739. The minimum Gasteiger partial charge on any atom is -0.396 e. The predicted octanol–water partition coefficient (Wildman–Crippen LogP) is 0.923. The van der Waals surface area contributed by atoms with Gasteiger partial charge in [0.2, 0.25) is 0 Å². The monoisotopic (exact) mass is 172 g/mol. The summed E-state index contributed by atoms with van der Waals surface area (Å²) in [6.07, 6.45) is 0.283. The van der Waals surface area contributed by atoms with E-state index >= 15 is 0 Å². The largest absolute Gasteiger partial charge is 0.396 e. The van der Waals surface area contributed by atoms with Crippen molar-refractivity contribution >= 4 is 23.2 Å². The summed E-state index contributed by atoms with van der Waals surface area (Å²) < 4.78 is 0. The van der Waals surface area contributed by atoms with Crippen molar-refractivity contribution in [2.45, 2.75) is 23.8 Å². The molecule has 2 N–H and O–H groups in total. The first kappa shape index (κ1) is 9.50. The van der Waals surface area contributed by atoms with Crippen LogP contribution in [0.4, 0.5) is 0 Å². The highest BCUT2D eigenvalue weighted by Gasteiger charge is 2.11. The summed E-state index contributed by atoms with van der Waals surface area (Å²) in [5.41, 5.74) is 0. The molecule has 0 aliphatic carbocycles. The number of hydrogen-bond acceptors (Lipinski definition) is 2. The van der Waals surface area contributed by atoms with Crippen molar-refractivity contribution in [3.63, 3.8) is 0 Å². The highest BCUT2D eigenvalue weighted by molar-refractivity contribution is 6.44. The number of hydrogen-bond donors (Lipinski definition) is 2. The van der Waals surface area contributed by atoms with Crippen LogP contribution in [0.5, 0.6) is 0 Å². The normalized spacial score (nSPS) is 14.3. The van der Waals surface area contributed by atoms with E-state index in [4.69, 9.17) is 33.4 Å². The first-order valence-electron chi connectivity index (χ1n) is 2.75. The van der Waals surface area contributed by atoms with Crippen LogP contribution in [0, 0.1) is 0 Å². The molecule has 0 amide bonds.